The molecule has 1 heterocycles. The average Bonchev–Trinajstić information content (AvgIpc) is 2.85. The number of benzene rings is 2. The first kappa shape index (κ1) is 25.8. The Morgan fingerprint density at radius 1 is 1.12 bits per heavy atom. The van der Waals surface area contributed by atoms with Crippen molar-refractivity contribution in [1.29, 1.82) is 0 Å². The van der Waals surface area contributed by atoms with Gasteiger partial charge in [-0.25, -0.2) is 8.42 Å². The van der Waals surface area contributed by atoms with E-state index in [2.05, 4.69) is 14.9 Å². The minimum Gasteiger partial charge on any atom is -0.493 e. The molecule has 0 spiro atoms. The molecule has 0 saturated carbocycles. The minimum atomic E-state index is -3.43. The highest BCUT2D eigenvalue weighted by Gasteiger charge is 2.25. The van der Waals surface area contributed by atoms with Gasteiger partial charge in [0.1, 0.15) is 0 Å². The fraction of sp³-hybridized carbons (Fsp3) is 0.458. The van der Waals surface area contributed by atoms with Gasteiger partial charge in [-0.2, -0.15) is 0 Å². The molecule has 2 aromatic rings. The van der Waals surface area contributed by atoms with Crippen molar-refractivity contribution in [3.05, 3.63) is 53.6 Å². The van der Waals surface area contributed by atoms with Crippen molar-refractivity contribution in [2.45, 2.75) is 19.9 Å². The fourth-order valence-corrected chi connectivity index (χ4v) is 4.41. The molecule has 1 saturated heterocycles. The summed E-state index contributed by atoms with van der Waals surface area (Å²) in [6.07, 6.45) is 0. The molecule has 0 aromatic heterocycles. The van der Waals surface area contributed by atoms with Crippen LogP contribution in [0.1, 0.15) is 35.8 Å². The van der Waals surface area contributed by atoms with E-state index in [0.717, 1.165) is 18.7 Å². The van der Waals surface area contributed by atoms with Crippen molar-refractivity contribution >= 4 is 21.6 Å². The lowest BCUT2D eigenvalue weighted by Gasteiger charge is -2.35. The van der Waals surface area contributed by atoms with Gasteiger partial charge in [-0.15, -0.1) is 0 Å². The maximum atomic E-state index is 12.9. The largest absolute Gasteiger partial charge is 0.493 e. The van der Waals surface area contributed by atoms with Crippen LogP contribution in [0.5, 0.6) is 11.5 Å². The molecule has 0 radical (unpaired) electrons. The van der Waals surface area contributed by atoms with E-state index >= 15 is 0 Å². The first-order chi connectivity index (χ1) is 16.4. The summed E-state index contributed by atoms with van der Waals surface area (Å²) < 4.78 is 42.9. The van der Waals surface area contributed by atoms with Crippen LogP contribution in [0.3, 0.4) is 0 Å². The molecule has 0 bridgehead atoms. The maximum absolute atomic E-state index is 12.9. The van der Waals surface area contributed by atoms with E-state index in [0.29, 0.717) is 49.1 Å². The molecule has 1 amide bonds. The number of hydrogen-bond acceptors (Lipinski definition) is 7. The van der Waals surface area contributed by atoms with Gasteiger partial charge in [-0.1, -0.05) is 12.1 Å². The van der Waals surface area contributed by atoms with Crippen LogP contribution in [0, 0.1) is 0 Å². The Kier molecular flexibility index (Phi) is 9.14. The number of anilines is 1. The second-order valence-electron chi connectivity index (χ2n) is 7.80. The van der Waals surface area contributed by atoms with Gasteiger partial charge in [-0.3, -0.25) is 14.4 Å². The van der Waals surface area contributed by atoms with Gasteiger partial charge in [0, 0.05) is 30.9 Å². The van der Waals surface area contributed by atoms with Crippen LogP contribution in [0.4, 0.5) is 5.69 Å². The van der Waals surface area contributed by atoms with Crippen LogP contribution in [-0.4, -0.2) is 71.5 Å². The number of hydrogen-bond donors (Lipinski definition) is 2. The van der Waals surface area contributed by atoms with Crippen molar-refractivity contribution in [3.8, 4) is 11.5 Å². The lowest BCUT2D eigenvalue weighted by atomic mass is 10.0. The van der Waals surface area contributed by atoms with Crippen LogP contribution in [0.2, 0.25) is 0 Å². The third-order valence-corrected chi connectivity index (χ3v) is 6.90. The number of amides is 1. The van der Waals surface area contributed by atoms with Gasteiger partial charge >= 0.3 is 0 Å². The number of ether oxygens (including phenoxy) is 3. The zero-order valence-corrected chi connectivity index (χ0v) is 20.7. The second kappa shape index (κ2) is 12.0. The Hall–Kier alpha value is -2.82. The third-order valence-electron chi connectivity index (χ3n) is 5.59. The zero-order valence-electron chi connectivity index (χ0n) is 19.9. The summed E-state index contributed by atoms with van der Waals surface area (Å²) in [5.41, 5.74) is 1.73. The first-order valence-corrected chi connectivity index (χ1v) is 13.0. The van der Waals surface area contributed by atoms with Crippen molar-refractivity contribution in [3.63, 3.8) is 0 Å². The van der Waals surface area contributed by atoms with E-state index < -0.39 is 10.0 Å². The van der Waals surface area contributed by atoms with Gasteiger partial charge < -0.3 is 19.5 Å². The Labute approximate surface area is 201 Å². The summed E-state index contributed by atoms with van der Waals surface area (Å²) in [6, 6.07) is 12.2. The van der Waals surface area contributed by atoms with E-state index in [1.807, 2.05) is 25.1 Å². The van der Waals surface area contributed by atoms with Crippen LogP contribution in [0.15, 0.2) is 42.5 Å². The molecule has 186 valence electrons. The Morgan fingerprint density at radius 3 is 2.56 bits per heavy atom. The topological polar surface area (TPSA) is 106 Å². The molecule has 9 nitrogen and oxygen atoms in total. The molecule has 10 heteroatoms. The van der Waals surface area contributed by atoms with Gasteiger partial charge in [0.05, 0.1) is 38.7 Å². The summed E-state index contributed by atoms with van der Waals surface area (Å²) in [6.45, 7) is 7.10. The predicted molar refractivity (Wildman–Crippen MR) is 131 cm³/mol. The third kappa shape index (κ3) is 6.85. The van der Waals surface area contributed by atoms with Gasteiger partial charge in [-0.05, 0) is 49.7 Å². The number of morpholine rings is 1. The van der Waals surface area contributed by atoms with E-state index in [1.54, 1.807) is 32.2 Å². The molecule has 1 fully saturated rings. The molecule has 0 aliphatic carbocycles. The molecule has 34 heavy (non-hydrogen) atoms. The van der Waals surface area contributed by atoms with Crippen molar-refractivity contribution < 1.29 is 27.4 Å². The van der Waals surface area contributed by atoms with Gasteiger partial charge in [0.15, 0.2) is 11.5 Å². The highest BCUT2D eigenvalue weighted by atomic mass is 32.2. The number of nitrogens with zero attached hydrogens (tertiary/aromatic N) is 1. The summed E-state index contributed by atoms with van der Waals surface area (Å²) in [5.74, 6) is 0.981. The summed E-state index contributed by atoms with van der Waals surface area (Å²) in [7, 11) is -1.82. The second-order valence-corrected chi connectivity index (χ2v) is 9.81. The Balaban J connectivity index is 1.78. The molecule has 1 aliphatic heterocycles. The van der Waals surface area contributed by atoms with Crippen molar-refractivity contribution in [2.75, 3.05) is 57.0 Å². The number of methoxy groups -OCH3 is 1. The molecule has 1 unspecified atom stereocenters. The standard InChI is InChI=1S/C24H33N3O6S/c1-4-33-22-10-9-18(16-23(22)31-3)21(27-11-13-32-14-12-27)17-25-24(28)19-7-6-8-20(15-19)26-34(29,30)5-2/h6-10,15-16,21,26H,4-5,11-14,17H2,1-3H3,(H,25,28). The lowest BCUT2D eigenvalue weighted by molar-refractivity contribution is 0.0162. The van der Waals surface area contributed by atoms with Crippen molar-refractivity contribution in [1.82, 2.24) is 10.2 Å². The maximum Gasteiger partial charge on any atom is 0.251 e. The first-order valence-electron chi connectivity index (χ1n) is 11.4. The number of rotatable bonds is 11. The minimum absolute atomic E-state index is 0.0454. The van der Waals surface area contributed by atoms with Crippen LogP contribution < -0.4 is 19.5 Å². The molecule has 1 aliphatic rings. The highest BCUT2D eigenvalue weighted by Crippen LogP contribution is 2.32. The molecule has 3 rings (SSSR count). The normalized spacial score (nSPS) is 15.4. The highest BCUT2D eigenvalue weighted by molar-refractivity contribution is 7.92. The van der Waals surface area contributed by atoms with E-state index in [9.17, 15) is 13.2 Å². The number of nitrogens with one attached hydrogen (secondary N) is 2. The monoisotopic (exact) mass is 491 g/mol. The number of sulfonamides is 1. The molecule has 1 atom stereocenters. The predicted octanol–water partition coefficient (Wildman–Crippen LogP) is 2.66. The average molecular weight is 492 g/mol. The molecule has 2 aromatic carbocycles. The van der Waals surface area contributed by atoms with Gasteiger partial charge in [0.2, 0.25) is 10.0 Å². The van der Waals surface area contributed by atoms with Crippen LogP contribution in [0.25, 0.3) is 0 Å². The molecule has 2 N–H and O–H groups in total. The van der Waals surface area contributed by atoms with E-state index in [1.165, 1.54) is 6.07 Å². The lowest BCUT2D eigenvalue weighted by Crippen LogP contribution is -2.43. The quantitative estimate of drug-likeness (QED) is 0.498. The summed E-state index contributed by atoms with van der Waals surface area (Å²) >= 11 is 0. The summed E-state index contributed by atoms with van der Waals surface area (Å²) in [4.78, 5) is 15.2. The van der Waals surface area contributed by atoms with E-state index in [-0.39, 0.29) is 17.7 Å². The summed E-state index contributed by atoms with van der Waals surface area (Å²) in [5, 5.41) is 3.01. The van der Waals surface area contributed by atoms with Crippen LogP contribution in [-0.2, 0) is 14.8 Å². The SMILES string of the molecule is CCOc1ccc(C(CNC(=O)c2cccc(NS(=O)(=O)CC)c2)N2CCOCC2)cc1OC. The number of carbonyl (C=O) groups is 1. The van der Waals surface area contributed by atoms with Crippen LogP contribution >= 0.6 is 0 Å². The Morgan fingerprint density at radius 2 is 1.88 bits per heavy atom. The molecular formula is C24H33N3O6S. The van der Waals surface area contributed by atoms with E-state index in [4.69, 9.17) is 14.2 Å². The van der Waals surface area contributed by atoms with Crippen molar-refractivity contribution in [2.24, 2.45) is 0 Å². The Bertz CT molecular complexity index is 1070. The smallest absolute Gasteiger partial charge is 0.251 e. The number of carbonyl (C=O) groups excluding carboxylic acids is 1. The fourth-order valence-electron chi connectivity index (χ4n) is 3.78. The zero-order chi connectivity index (χ0) is 24.6. The molecular weight excluding hydrogens is 458 g/mol. The van der Waals surface area contributed by atoms with Gasteiger partial charge in [0.25, 0.3) is 5.91 Å².